The van der Waals surface area contributed by atoms with Gasteiger partial charge in [0.2, 0.25) is 5.92 Å². The molecule has 1 N–H and O–H groups in total. The molecule has 9 nitrogen and oxygen atoms in total. The van der Waals surface area contributed by atoms with Crippen molar-refractivity contribution in [2.75, 3.05) is 19.0 Å². The third kappa shape index (κ3) is 6.35. The van der Waals surface area contributed by atoms with Crippen molar-refractivity contribution in [2.45, 2.75) is 39.7 Å². The van der Waals surface area contributed by atoms with Crippen LogP contribution < -0.4 is 16.4 Å². The molecule has 0 unspecified atom stereocenters. The van der Waals surface area contributed by atoms with Gasteiger partial charge in [0.1, 0.15) is 5.69 Å². The summed E-state index contributed by atoms with van der Waals surface area (Å²) in [7, 11) is 2.97. The predicted octanol–water partition coefficient (Wildman–Crippen LogP) is 3.77. The summed E-state index contributed by atoms with van der Waals surface area (Å²) in [5.41, 5.74) is 2.68. The molecule has 0 radical (unpaired) electrons. The number of nitrogens with one attached hydrogen (secondary N) is 1. The van der Waals surface area contributed by atoms with Crippen LogP contribution >= 0.6 is 0 Å². The molecule has 0 bridgehead atoms. The number of methoxy groups -OCH3 is 1. The van der Waals surface area contributed by atoms with Crippen molar-refractivity contribution in [2.24, 2.45) is 7.05 Å². The van der Waals surface area contributed by atoms with Gasteiger partial charge in [-0.2, -0.15) is 4.68 Å². The average Bonchev–Trinajstić information content (AvgIpc) is 2.82. The lowest BCUT2D eigenvalue weighted by molar-refractivity contribution is 0.0437. The lowest BCUT2D eigenvalue weighted by Gasteiger charge is -2.29. The van der Waals surface area contributed by atoms with Gasteiger partial charge in [-0.15, -0.1) is 5.10 Å². The second-order valence-corrected chi connectivity index (χ2v) is 8.79. The monoisotopic (exact) mass is 501 g/mol. The molecule has 192 valence electrons. The fourth-order valence-corrected chi connectivity index (χ4v) is 3.62. The zero-order valence-electron chi connectivity index (χ0n) is 20.8. The predicted molar refractivity (Wildman–Crippen MR) is 132 cm³/mol. The normalized spacial score (nSPS) is 12.8. The number of amides is 1. The summed E-state index contributed by atoms with van der Waals surface area (Å²) >= 11 is 0. The Hall–Kier alpha value is -4.02. The molecule has 36 heavy (non-hydrogen) atoms. The summed E-state index contributed by atoms with van der Waals surface area (Å²) in [6.07, 6.45) is 1.54. The maximum atomic E-state index is 13.2. The zero-order valence-corrected chi connectivity index (χ0v) is 20.8. The maximum absolute atomic E-state index is 13.2. The summed E-state index contributed by atoms with van der Waals surface area (Å²) in [5, 5.41) is 7.62. The van der Waals surface area contributed by atoms with Crippen LogP contribution in [-0.2, 0) is 24.8 Å². The number of aryl methyl sites for hydroxylation is 2. The molecule has 11 heteroatoms. The van der Waals surface area contributed by atoms with Crippen LogP contribution in [0.2, 0.25) is 0 Å². The molecule has 1 aromatic carbocycles. The van der Waals surface area contributed by atoms with Crippen LogP contribution in [0.5, 0.6) is 0 Å². The van der Waals surface area contributed by atoms with Crippen molar-refractivity contribution in [3.63, 3.8) is 0 Å². The number of hydrogen-bond donors (Lipinski definition) is 1. The summed E-state index contributed by atoms with van der Waals surface area (Å²) in [6.45, 7) is 4.19. The first kappa shape index (κ1) is 26.6. The van der Waals surface area contributed by atoms with Gasteiger partial charge in [-0.1, -0.05) is 17.7 Å². The van der Waals surface area contributed by atoms with Gasteiger partial charge in [0.15, 0.2) is 5.82 Å². The highest BCUT2D eigenvalue weighted by atomic mass is 19.3. The molecule has 0 saturated heterocycles. The average molecular weight is 502 g/mol. The van der Waals surface area contributed by atoms with Crippen molar-refractivity contribution in [1.29, 1.82) is 0 Å². The first-order chi connectivity index (χ1) is 16.9. The van der Waals surface area contributed by atoms with E-state index in [-0.39, 0.29) is 17.7 Å². The van der Waals surface area contributed by atoms with Crippen LogP contribution in [0.25, 0.3) is 5.69 Å². The van der Waals surface area contributed by atoms with Gasteiger partial charge >= 0.3 is 6.09 Å². The zero-order chi connectivity index (χ0) is 26.6. The Morgan fingerprint density at radius 3 is 2.33 bits per heavy atom. The molecule has 0 spiro atoms. The largest absolute Gasteiger partial charge is 0.453 e. The molecule has 0 atom stereocenters. The number of fused-ring (bicyclic) bond motifs is 1. The summed E-state index contributed by atoms with van der Waals surface area (Å²) in [6, 6.07) is 10.9. The number of benzene rings is 1. The number of nitrogens with zero attached hydrogens (tertiary/aromatic N) is 4. The lowest BCUT2D eigenvalue weighted by Crippen LogP contribution is -2.40. The minimum absolute atomic E-state index is 0.161. The second kappa shape index (κ2) is 10.7. The van der Waals surface area contributed by atoms with Crippen LogP contribution in [-0.4, -0.2) is 44.9 Å². The van der Waals surface area contributed by atoms with Crippen molar-refractivity contribution in [3.8, 4) is 5.69 Å². The summed E-state index contributed by atoms with van der Waals surface area (Å²) in [4.78, 5) is 39.4. The van der Waals surface area contributed by atoms with E-state index in [4.69, 9.17) is 4.74 Å². The van der Waals surface area contributed by atoms with Crippen molar-refractivity contribution in [3.05, 3.63) is 80.0 Å². The molecule has 1 amide bonds. The summed E-state index contributed by atoms with van der Waals surface area (Å²) < 4.78 is 29.7. The van der Waals surface area contributed by atoms with Gasteiger partial charge in [-0.25, -0.2) is 13.6 Å². The minimum atomic E-state index is -2.50. The third-order valence-electron chi connectivity index (χ3n) is 5.37. The quantitative estimate of drug-likeness (QED) is 0.587. The number of halogens is 2. The standard InChI is InChI=1S/C22H23N5O4.C3H6F2/c1-14-6-8-15(9-7-14)27-20(28)16-10-12-26(22(30)31-3)13-17(16)19(24-27)23-18-5-4-11-25(2)21(18)29;1-3(2,4)5/h4-9,11H,10,12-13H2,1-3H3,(H,23,24);1-2H3. The van der Waals surface area contributed by atoms with Crippen LogP contribution in [0.15, 0.2) is 52.2 Å². The smallest absolute Gasteiger partial charge is 0.409 e. The number of ether oxygens (including phenoxy) is 1. The highest BCUT2D eigenvalue weighted by Crippen LogP contribution is 2.25. The molecule has 3 aromatic rings. The lowest BCUT2D eigenvalue weighted by atomic mass is 10.0. The highest BCUT2D eigenvalue weighted by Gasteiger charge is 2.28. The Labute approximate surface area is 206 Å². The number of rotatable bonds is 3. The first-order valence-corrected chi connectivity index (χ1v) is 11.2. The molecule has 0 aliphatic carbocycles. The van der Waals surface area contributed by atoms with Crippen LogP contribution in [0.3, 0.4) is 0 Å². The molecular formula is C25H29F2N5O4. The Morgan fingerprint density at radius 2 is 1.72 bits per heavy atom. The molecule has 0 fully saturated rings. The Bertz CT molecular complexity index is 1350. The van der Waals surface area contributed by atoms with Gasteiger partial charge in [0.25, 0.3) is 11.1 Å². The first-order valence-electron chi connectivity index (χ1n) is 11.2. The van der Waals surface area contributed by atoms with E-state index in [2.05, 4.69) is 10.4 Å². The number of alkyl halides is 2. The molecule has 1 aliphatic heterocycles. The molecule has 3 heterocycles. The minimum Gasteiger partial charge on any atom is -0.453 e. The van der Waals surface area contributed by atoms with Gasteiger partial charge in [-0.05, 0) is 51.5 Å². The van der Waals surface area contributed by atoms with Crippen LogP contribution in [0.4, 0.5) is 25.1 Å². The van der Waals surface area contributed by atoms with Gasteiger partial charge < -0.3 is 19.5 Å². The maximum Gasteiger partial charge on any atom is 0.409 e. The highest BCUT2D eigenvalue weighted by molar-refractivity contribution is 5.69. The molecule has 0 saturated carbocycles. The van der Waals surface area contributed by atoms with E-state index in [1.54, 1.807) is 25.4 Å². The van der Waals surface area contributed by atoms with E-state index in [0.29, 0.717) is 41.3 Å². The number of pyridine rings is 1. The number of aromatic nitrogens is 3. The molecule has 1 aliphatic rings. The number of hydrogen-bond acceptors (Lipinski definition) is 6. The van der Waals surface area contributed by atoms with Gasteiger partial charge in [0.05, 0.1) is 19.3 Å². The van der Waals surface area contributed by atoms with Crippen LogP contribution in [0.1, 0.15) is 30.5 Å². The molecule has 2 aromatic heterocycles. The fourth-order valence-electron chi connectivity index (χ4n) is 3.62. The SMILES string of the molecule is CC(C)(F)F.COC(=O)N1CCc2c(c(Nc3cccn(C)c3=O)nn(-c3ccc(C)cc3)c2=O)C1. The van der Waals surface area contributed by atoms with E-state index >= 15 is 0 Å². The second-order valence-electron chi connectivity index (χ2n) is 8.79. The van der Waals surface area contributed by atoms with Crippen LogP contribution in [0, 0.1) is 6.92 Å². The Balaban J connectivity index is 0.000000658. The fraction of sp³-hybridized carbons (Fsp3) is 0.360. The van der Waals surface area contributed by atoms with Gasteiger partial charge in [0, 0.05) is 30.9 Å². The van der Waals surface area contributed by atoms with E-state index in [9.17, 15) is 23.2 Å². The third-order valence-corrected chi connectivity index (χ3v) is 5.37. The summed E-state index contributed by atoms with van der Waals surface area (Å²) in [5.74, 6) is -2.15. The molecular weight excluding hydrogens is 472 g/mol. The number of carbonyl (C=O) groups excluding carboxylic acids is 1. The van der Waals surface area contributed by atoms with E-state index in [1.165, 1.54) is 21.3 Å². The number of carbonyl (C=O) groups is 1. The Morgan fingerprint density at radius 1 is 1.08 bits per heavy atom. The van der Waals surface area contributed by atoms with E-state index in [0.717, 1.165) is 19.4 Å². The van der Waals surface area contributed by atoms with E-state index in [1.807, 2.05) is 31.2 Å². The van der Waals surface area contributed by atoms with Gasteiger partial charge in [-0.3, -0.25) is 9.59 Å². The van der Waals surface area contributed by atoms with E-state index < -0.39 is 12.0 Å². The topological polar surface area (TPSA) is 98.5 Å². The van der Waals surface area contributed by atoms with Crippen molar-refractivity contribution < 1.29 is 18.3 Å². The molecule has 4 rings (SSSR count). The van der Waals surface area contributed by atoms with Crippen molar-refractivity contribution in [1.82, 2.24) is 19.2 Å². The number of anilines is 2. The van der Waals surface area contributed by atoms with Crippen molar-refractivity contribution >= 4 is 17.6 Å². The Kier molecular flexibility index (Phi) is 7.91.